The Morgan fingerprint density at radius 1 is 0.716 bits per heavy atom. The Bertz CT molecular complexity index is 3750. The van der Waals surface area contributed by atoms with E-state index in [1.807, 2.05) is 37.3 Å². The number of carbonyl (C=O) groups is 12. The molecule has 1 fully saturated rings. The lowest BCUT2D eigenvalue weighted by Crippen LogP contribution is -2.67. The molecule has 4 aromatic carbocycles. The van der Waals surface area contributed by atoms with Crippen LogP contribution in [-0.2, 0) is 83.2 Å². The number of hydrogen-bond acceptors (Lipinski definition) is 18. The van der Waals surface area contributed by atoms with Crippen molar-refractivity contribution in [3.63, 3.8) is 0 Å². The normalized spacial score (nSPS) is 16.2. The molecule has 5 aromatic rings. The molecule has 1 aromatic heterocycles. The van der Waals surface area contributed by atoms with Crippen LogP contribution in [0.5, 0.6) is 11.5 Å². The van der Waals surface area contributed by atoms with Gasteiger partial charge in [-0.1, -0.05) is 73.7 Å². The Balaban J connectivity index is 1.11. The number of hydrogen-bond donors (Lipinski definition) is 15. The number of likely N-dealkylation sites (tertiary alicyclic amines) is 1. The minimum Gasteiger partial charge on any atom is -0.497 e. The van der Waals surface area contributed by atoms with Crippen molar-refractivity contribution in [1.29, 1.82) is 0 Å². The maximum absolute atomic E-state index is 15.4. The number of para-hydroxylation sites is 1. The Labute approximate surface area is 587 Å². The number of carboxylic acid groups (broad SMARTS) is 1. The van der Waals surface area contributed by atoms with Gasteiger partial charge in [0, 0.05) is 44.8 Å². The Morgan fingerprint density at radius 2 is 1.35 bits per heavy atom. The number of methoxy groups -OCH3 is 1. The molecular weight excluding hydrogens is 1330 g/mol. The second kappa shape index (κ2) is 38.1. The summed E-state index contributed by atoms with van der Waals surface area (Å²) in [5, 5.41) is 63.0. The number of H-pyrrole nitrogens is 1. The van der Waals surface area contributed by atoms with Crippen molar-refractivity contribution < 1.29 is 91.8 Å². The van der Waals surface area contributed by atoms with Gasteiger partial charge in [-0.2, -0.15) is 0 Å². The van der Waals surface area contributed by atoms with E-state index >= 15 is 4.39 Å². The van der Waals surface area contributed by atoms with Gasteiger partial charge in [0.2, 0.25) is 65.0 Å². The molecule has 102 heavy (non-hydrogen) atoms. The second-order valence-electron chi connectivity index (χ2n) is 25.0. The lowest BCUT2D eigenvalue weighted by molar-refractivity contribution is -0.145. The van der Waals surface area contributed by atoms with E-state index in [4.69, 9.17) is 15.2 Å². The average molecular weight is 1420 g/mol. The summed E-state index contributed by atoms with van der Waals surface area (Å²) in [7, 11) is 1.57. The van der Waals surface area contributed by atoms with E-state index < -0.39 is 169 Å². The van der Waals surface area contributed by atoms with Crippen LogP contribution in [0.3, 0.4) is 0 Å². The number of imidazole rings is 1. The van der Waals surface area contributed by atoms with Gasteiger partial charge in [-0.05, 0) is 118 Å². The summed E-state index contributed by atoms with van der Waals surface area (Å²) in [5.74, 6) is -12.0. The Morgan fingerprint density at radius 3 is 1.96 bits per heavy atom. The molecule has 1 saturated heterocycles. The zero-order valence-corrected chi connectivity index (χ0v) is 57.5. The van der Waals surface area contributed by atoms with Crippen LogP contribution in [-0.4, -0.2) is 206 Å². The van der Waals surface area contributed by atoms with E-state index in [1.54, 1.807) is 55.8 Å². The highest BCUT2D eigenvalue weighted by Gasteiger charge is 2.47. The van der Waals surface area contributed by atoms with E-state index in [1.165, 1.54) is 36.4 Å². The third kappa shape index (κ3) is 23.1. The molecule has 31 nitrogen and oxygen atoms in total. The number of carbonyl (C=O) groups excluding carboxylic acids is 11. The first-order chi connectivity index (χ1) is 48.5. The van der Waals surface area contributed by atoms with Crippen LogP contribution < -0.4 is 63.1 Å². The van der Waals surface area contributed by atoms with Gasteiger partial charge in [0.05, 0.1) is 57.6 Å². The number of rotatable bonds is 39. The van der Waals surface area contributed by atoms with Crippen LogP contribution in [0.4, 0.5) is 4.39 Å². The smallest absolute Gasteiger partial charge is 0.303 e. The summed E-state index contributed by atoms with van der Waals surface area (Å²) in [6.07, 6.45) is -0.843. The first-order valence-corrected chi connectivity index (χ1v) is 33.1. The molecule has 32 heteroatoms. The van der Waals surface area contributed by atoms with E-state index in [2.05, 4.69) is 57.8 Å². The second-order valence-corrected chi connectivity index (χ2v) is 25.0. The van der Waals surface area contributed by atoms with Crippen molar-refractivity contribution >= 4 is 70.9 Å². The van der Waals surface area contributed by atoms with Gasteiger partial charge in [0.25, 0.3) is 0 Å². The third-order valence-corrected chi connectivity index (χ3v) is 17.2. The fourth-order valence-electron chi connectivity index (χ4n) is 11.3. The Kier molecular flexibility index (Phi) is 29.9. The molecule has 16 N–H and O–H groups in total. The van der Waals surface area contributed by atoms with E-state index in [0.29, 0.717) is 35.6 Å². The van der Waals surface area contributed by atoms with Gasteiger partial charge >= 0.3 is 5.97 Å². The largest absolute Gasteiger partial charge is 0.497 e. The maximum atomic E-state index is 15.4. The van der Waals surface area contributed by atoms with Gasteiger partial charge in [-0.15, -0.1) is 0 Å². The van der Waals surface area contributed by atoms with Crippen LogP contribution in [0.15, 0.2) is 110 Å². The molecule has 0 radical (unpaired) electrons. The van der Waals surface area contributed by atoms with Crippen LogP contribution >= 0.6 is 0 Å². The average Bonchev–Trinajstić information content (AvgIpc) is 1.60. The highest BCUT2D eigenvalue weighted by Crippen LogP contribution is 2.32. The number of aromatic nitrogens is 2. The molecule has 550 valence electrons. The number of aliphatic hydroxyl groups is 3. The van der Waals surface area contributed by atoms with E-state index in [-0.39, 0.29) is 56.7 Å². The third-order valence-electron chi connectivity index (χ3n) is 17.2. The van der Waals surface area contributed by atoms with Crippen molar-refractivity contribution in [3.05, 3.63) is 138 Å². The summed E-state index contributed by atoms with van der Waals surface area (Å²) < 4.78 is 26.5. The predicted molar refractivity (Wildman–Crippen MR) is 365 cm³/mol. The van der Waals surface area contributed by atoms with Crippen molar-refractivity contribution in [2.75, 3.05) is 40.0 Å². The molecule has 0 spiro atoms. The molecule has 6 rings (SSSR count). The molecular formula is C70H90FN13O18. The summed E-state index contributed by atoms with van der Waals surface area (Å²) in [6.45, 7) is 3.98. The maximum Gasteiger partial charge on any atom is 0.303 e. The quantitative estimate of drug-likeness (QED) is 0.0228. The molecule has 1 aliphatic rings. The van der Waals surface area contributed by atoms with E-state index in [9.17, 15) is 78.0 Å². The fourth-order valence-corrected chi connectivity index (χ4v) is 11.3. The number of carboxylic acids is 1. The van der Waals surface area contributed by atoms with Gasteiger partial charge in [0.15, 0.2) is 0 Å². The lowest BCUT2D eigenvalue weighted by Gasteiger charge is -2.35. The van der Waals surface area contributed by atoms with Crippen LogP contribution in [0, 0.1) is 5.82 Å². The topological polar surface area (TPSA) is 470 Å². The summed E-state index contributed by atoms with van der Waals surface area (Å²) in [5.41, 5.74) is 5.70. The van der Waals surface area contributed by atoms with Gasteiger partial charge < -0.3 is 93.4 Å². The Hall–Kier alpha value is -10.9. The van der Waals surface area contributed by atoms with Crippen molar-refractivity contribution in [2.24, 2.45) is 5.73 Å². The van der Waals surface area contributed by atoms with E-state index in [0.717, 1.165) is 43.5 Å². The lowest BCUT2D eigenvalue weighted by atomic mass is 9.90. The molecule has 10 atom stereocenters. The first kappa shape index (κ1) is 80.1. The molecule has 0 aliphatic carbocycles. The number of ether oxygens (including phenoxy) is 2. The minimum atomic E-state index is -2.35. The summed E-state index contributed by atoms with van der Waals surface area (Å²) in [4.78, 5) is 171. The number of benzene rings is 4. The van der Waals surface area contributed by atoms with Crippen LogP contribution in [0.2, 0.25) is 0 Å². The number of primary amides is 1. The van der Waals surface area contributed by atoms with Gasteiger partial charge in [-0.3, -0.25) is 57.5 Å². The molecule has 0 bridgehead atoms. The molecule has 11 amide bonds. The summed E-state index contributed by atoms with van der Waals surface area (Å²) in [6, 6.07) is 16.4. The van der Waals surface area contributed by atoms with Crippen molar-refractivity contribution in [1.82, 2.24) is 62.7 Å². The zero-order chi connectivity index (χ0) is 74.8. The number of aryl methyl sites for hydroxylation is 2. The molecule has 0 unspecified atom stereocenters. The van der Waals surface area contributed by atoms with Gasteiger partial charge in [0.1, 0.15) is 64.6 Å². The SMILES string of the molecule is CCc1cc(OC)ccc1-c1ccc(C[C@H](NC(=O)CNC(=O)[C@H](CO)NC(=O)[C@@H](NC(=O)[C@](C)(Cc2ccccc2F)NC(=O)[C@@H](NC(=O)CNC(=O)[C@H](CCC(=O)O)NC(=O)[C@]2(C)CCCN2C(=O)CCc2c[nH]cn2)[C@@H](C)O)[C@@H](C)O)C(=O)N[C@@H](CCOc2ccccc2)C(N)=O)cc1. The number of nitrogens with two attached hydrogens (primary N) is 1. The number of amides is 11. The fraction of sp³-hybridized carbons (Fsp3) is 0.443. The van der Waals surface area contributed by atoms with Crippen LogP contribution in [0.25, 0.3) is 11.1 Å². The van der Waals surface area contributed by atoms with Crippen molar-refractivity contribution in [3.8, 4) is 22.6 Å². The zero-order valence-electron chi connectivity index (χ0n) is 57.5. The summed E-state index contributed by atoms with van der Waals surface area (Å²) >= 11 is 0. The predicted octanol–water partition coefficient (Wildman–Crippen LogP) is -0.825. The number of aromatic amines is 1. The number of nitrogens with zero attached hydrogens (tertiary/aromatic N) is 2. The van der Waals surface area contributed by atoms with Crippen molar-refractivity contribution in [2.45, 2.75) is 158 Å². The van der Waals surface area contributed by atoms with Crippen LogP contribution in [0.1, 0.15) is 95.5 Å². The molecule has 2 heterocycles. The highest BCUT2D eigenvalue weighted by molar-refractivity contribution is 6.00. The molecule has 1 aliphatic heterocycles. The monoisotopic (exact) mass is 1420 g/mol. The minimum absolute atomic E-state index is 0.0144. The first-order valence-electron chi connectivity index (χ1n) is 33.1. The number of nitrogens with one attached hydrogen (secondary N) is 10. The van der Waals surface area contributed by atoms with Gasteiger partial charge in [-0.25, -0.2) is 9.37 Å². The highest BCUT2D eigenvalue weighted by atomic mass is 19.1. The number of aliphatic carboxylic acids is 1. The molecule has 0 saturated carbocycles. The number of halogens is 1. The standard InChI is InChI=1S/C70H90FN13O18/c1-7-43-33-48(101-6)23-24-49(43)44-20-18-42(19-21-44)32-53(64(96)78-51(61(72)93)28-31-102-47-15-9-8-10-16-47)77-55(88)36-75-63(95)54(38-85)79-65(97)59(40(2)86)82-67(99)69(4,34-45-14-11-12-17-50(45)71)83-66(98)60(41(3)87)81-56(89)37-74-62(94)52(25-27-58(91)92)80-68(100)70(5)29-13-30-84(70)57(90)26-22-46-35-73-39-76-46/h8-12,14-21,23-24,33,35,39-41,51-54,59-60,85-87H,7,13,22,25-32,34,36-38H2,1-6H3,(H2,72,93)(H,73,76)(H,74,94)(H,75,95)(H,77,88)(H,78,96)(H,79,97)(H,80,100)(H,81,89)(H,82,99)(H,83,98)(H,91,92)/t40-,41-,51+,52+,53+,54+,59+,60+,69+,70+/m1/s1. The number of aliphatic hydroxyl groups excluding tert-OH is 3.